The molecule has 1 saturated heterocycles. The second kappa shape index (κ2) is 7.79. The summed E-state index contributed by atoms with van der Waals surface area (Å²) < 4.78 is 0. The van der Waals surface area contributed by atoms with Gasteiger partial charge in [-0.1, -0.05) is 20.8 Å². The Bertz CT molecular complexity index is 442. The molecule has 118 valence electrons. The molecule has 1 atom stereocenters. The zero-order valence-electron chi connectivity index (χ0n) is 14.2. The number of aromatic nitrogens is 1. The molecular weight excluding hydrogens is 258 g/mol. The summed E-state index contributed by atoms with van der Waals surface area (Å²) >= 11 is 0. The van der Waals surface area contributed by atoms with Crippen LogP contribution in [-0.2, 0) is 6.54 Å². The lowest BCUT2D eigenvalue weighted by Crippen LogP contribution is -2.39. The Labute approximate surface area is 130 Å². The molecule has 1 aromatic rings. The van der Waals surface area contributed by atoms with Crippen LogP contribution in [0.25, 0.3) is 0 Å². The van der Waals surface area contributed by atoms with Gasteiger partial charge in [0.2, 0.25) is 0 Å². The molecule has 3 nitrogen and oxygen atoms in total. The summed E-state index contributed by atoms with van der Waals surface area (Å²) in [4.78, 5) is 7.33. The molecule has 1 aliphatic rings. The number of rotatable bonds is 6. The third kappa shape index (κ3) is 4.70. The highest BCUT2D eigenvalue weighted by Gasteiger charge is 2.22. The molecule has 0 saturated carbocycles. The van der Waals surface area contributed by atoms with E-state index in [9.17, 15) is 0 Å². The number of nitrogens with one attached hydrogen (secondary N) is 1. The van der Waals surface area contributed by atoms with Crippen LogP contribution in [0.3, 0.4) is 0 Å². The highest BCUT2D eigenvalue weighted by atomic mass is 15.2. The molecule has 0 aromatic carbocycles. The zero-order valence-corrected chi connectivity index (χ0v) is 14.2. The van der Waals surface area contributed by atoms with Crippen molar-refractivity contribution in [1.29, 1.82) is 0 Å². The molecule has 1 fully saturated rings. The number of aryl methyl sites for hydroxylation is 1. The molecule has 3 heteroatoms. The third-order valence-corrected chi connectivity index (χ3v) is 4.27. The zero-order chi connectivity index (χ0) is 15.2. The fourth-order valence-electron chi connectivity index (χ4n) is 3.20. The van der Waals surface area contributed by atoms with Gasteiger partial charge in [-0.25, -0.2) is 4.98 Å². The van der Waals surface area contributed by atoms with E-state index in [0.717, 1.165) is 25.3 Å². The summed E-state index contributed by atoms with van der Waals surface area (Å²) in [5, 5.41) is 3.54. The first kappa shape index (κ1) is 16.3. The van der Waals surface area contributed by atoms with Crippen molar-refractivity contribution in [2.45, 2.75) is 66.0 Å². The highest BCUT2D eigenvalue weighted by Crippen LogP contribution is 2.26. The van der Waals surface area contributed by atoms with E-state index in [1.54, 1.807) is 0 Å². The normalized spacial score (nSPS) is 19.3. The average Bonchev–Trinajstić information content (AvgIpc) is 2.46. The minimum absolute atomic E-state index is 0.671. The average molecular weight is 289 g/mol. The maximum atomic E-state index is 4.80. The second-order valence-corrected chi connectivity index (χ2v) is 6.75. The quantitative estimate of drug-likeness (QED) is 0.860. The van der Waals surface area contributed by atoms with Crippen molar-refractivity contribution >= 4 is 5.82 Å². The van der Waals surface area contributed by atoms with Gasteiger partial charge in [-0.2, -0.15) is 0 Å². The smallest absolute Gasteiger partial charge is 0.129 e. The van der Waals surface area contributed by atoms with Crippen molar-refractivity contribution in [2.24, 2.45) is 5.92 Å². The Morgan fingerprint density at radius 2 is 2.14 bits per heavy atom. The summed E-state index contributed by atoms with van der Waals surface area (Å²) in [7, 11) is 0. The van der Waals surface area contributed by atoms with Crippen LogP contribution in [0.5, 0.6) is 0 Å². The van der Waals surface area contributed by atoms with Gasteiger partial charge in [-0.05, 0) is 62.8 Å². The van der Waals surface area contributed by atoms with E-state index in [0.29, 0.717) is 12.0 Å². The first-order valence-electron chi connectivity index (χ1n) is 8.55. The predicted octanol–water partition coefficient (Wildman–Crippen LogP) is 3.90. The molecule has 2 heterocycles. The molecule has 0 spiro atoms. The van der Waals surface area contributed by atoms with Crippen molar-refractivity contribution in [1.82, 2.24) is 10.3 Å². The fourth-order valence-corrected chi connectivity index (χ4v) is 3.20. The molecule has 0 aliphatic carbocycles. The minimum atomic E-state index is 0.671. The van der Waals surface area contributed by atoms with Gasteiger partial charge in [-0.15, -0.1) is 0 Å². The Hall–Kier alpha value is -1.09. The van der Waals surface area contributed by atoms with Gasteiger partial charge in [0.1, 0.15) is 5.82 Å². The van der Waals surface area contributed by atoms with E-state index < -0.39 is 0 Å². The Morgan fingerprint density at radius 3 is 2.86 bits per heavy atom. The van der Waals surface area contributed by atoms with Crippen LogP contribution < -0.4 is 10.2 Å². The van der Waals surface area contributed by atoms with E-state index in [-0.39, 0.29) is 0 Å². The number of nitrogens with zero attached hydrogens (tertiary/aromatic N) is 2. The Kier molecular flexibility index (Phi) is 6.04. The Morgan fingerprint density at radius 1 is 1.33 bits per heavy atom. The van der Waals surface area contributed by atoms with Crippen molar-refractivity contribution in [3.05, 3.63) is 23.4 Å². The molecule has 1 N–H and O–H groups in total. The Balaban J connectivity index is 2.10. The maximum absolute atomic E-state index is 4.80. The predicted molar refractivity (Wildman–Crippen MR) is 90.8 cm³/mol. The van der Waals surface area contributed by atoms with Gasteiger partial charge in [0.25, 0.3) is 0 Å². The molecule has 0 radical (unpaired) electrons. The minimum Gasteiger partial charge on any atom is -0.354 e. The van der Waals surface area contributed by atoms with Crippen LogP contribution in [0.2, 0.25) is 0 Å². The fraction of sp³-hybridized carbons (Fsp3) is 0.722. The number of pyridine rings is 1. The van der Waals surface area contributed by atoms with Crippen LogP contribution >= 0.6 is 0 Å². The highest BCUT2D eigenvalue weighted by molar-refractivity contribution is 5.44. The molecular formula is C18H31N3. The third-order valence-electron chi connectivity index (χ3n) is 4.27. The van der Waals surface area contributed by atoms with Crippen molar-refractivity contribution in [3.8, 4) is 0 Å². The molecule has 1 aliphatic heterocycles. The summed E-state index contributed by atoms with van der Waals surface area (Å²) in [5.41, 5.74) is 2.49. The maximum Gasteiger partial charge on any atom is 0.129 e. The molecule has 21 heavy (non-hydrogen) atoms. The number of hydrogen-bond donors (Lipinski definition) is 1. The van der Waals surface area contributed by atoms with Gasteiger partial charge < -0.3 is 10.2 Å². The summed E-state index contributed by atoms with van der Waals surface area (Å²) in [6.45, 7) is 12.1. The van der Waals surface area contributed by atoms with Crippen LogP contribution in [0, 0.1) is 12.8 Å². The summed E-state index contributed by atoms with van der Waals surface area (Å²) in [5.74, 6) is 1.88. The molecule has 0 bridgehead atoms. The number of hydrogen-bond acceptors (Lipinski definition) is 3. The van der Waals surface area contributed by atoms with Crippen LogP contribution in [0.1, 0.15) is 57.7 Å². The number of piperidine rings is 1. The van der Waals surface area contributed by atoms with Gasteiger partial charge in [0.15, 0.2) is 0 Å². The monoisotopic (exact) mass is 289 g/mol. The standard InChI is InChI=1S/C18H31N3/c1-5-17-8-6-7-9-21(17)18-11-16(10-15(4)20-18)13-19-12-14(2)3/h10-11,14,17,19H,5-9,12-13H2,1-4H3. The van der Waals surface area contributed by atoms with E-state index in [1.165, 1.54) is 37.1 Å². The molecule has 2 rings (SSSR count). The van der Waals surface area contributed by atoms with Crippen LogP contribution in [0.4, 0.5) is 5.82 Å². The summed E-state index contributed by atoms with van der Waals surface area (Å²) in [6.07, 6.45) is 5.19. The lowest BCUT2D eigenvalue weighted by atomic mass is 10.00. The molecule has 1 aromatic heterocycles. The van der Waals surface area contributed by atoms with Crippen LogP contribution in [0.15, 0.2) is 12.1 Å². The molecule has 1 unspecified atom stereocenters. The van der Waals surface area contributed by atoms with Crippen LogP contribution in [-0.4, -0.2) is 24.1 Å². The lowest BCUT2D eigenvalue weighted by molar-refractivity contribution is 0.446. The van der Waals surface area contributed by atoms with Gasteiger partial charge in [-0.3, -0.25) is 0 Å². The topological polar surface area (TPSA) is 28.2 Å². The van der Waals surface area contributed by atoms with Gasteiger partial charge in [0.05, 0.1) is 0 Å². The SMILES string of the molecule is CCC1CCCCN1c1cc(CNCC(C)C)cc(C)n1. The summed E-state index contributed by atoms with van der Waals surface area (Å²) in [6, 6.07) is 5.17. The first-order chi connectivity index (χ1) is 10.1. The van der Waals surface area contributed by atoms with E-state index >= 15 is 0 Å². The van der Waals surface area contributed by atoms with E-state index in [1.807, 2.05) is 0 Å². The number of anilines is 1. The first-order valence-corrected chi connectivity index (χ1v) is 8.55. The van der Waals surface area contributed by atoms with E-state index in [4.69, 9.17) is 4.98 Å². The van der Waals surface area contributed by atoms with Gasteiger partial charge >= 0.3 is 0 Å². The van der Waals surface area contributed by atoms with Crippen molar-refractivity contribution in [3.63, 3.8) is 0 Å². The van der Waals surface area contributed by atoms with Crippen molar-refractivity contribution in [2.75, 3.05) is 18.0 Å². The largest absolute Gasteiger partial charge is 0.354 e. The van der Waals surface area contributed by atoms with Crippen molar-refractivity contribution < 1.29 is 0 Å². The lowest BCUT2D eigenvalue weighted by Gasteiger charge is -2.36. The van der Waals surface area contributed by atoms with Gasteiger partial charge in [0, 0.05) is 24.8 Å². The molecule has 0 amide bonds. The second-order valence-electron chi connectivity index (χ2n) is 6.75. The van der Waals surface area contributed by atoms with E-state index in [2.05, 4.69) is 50.0 Å².